The van der Waals surface area contributed by atoms with Gasteiger partial charge in [0.25, 0.3) is 0 Å². The highest BCUT2D eigenvalue weighted by atomic mass is 16.5. The molecule has 0 spiro atoms. The molecule has 2 nitrogen and oxygen atoms in total. The summed E-state index contributed by atoms with van der Waals surface area (Å²) in [5.41, 5.74) is 1.68. The number of hydrogen-bond donors (Lipinski definition) is 1. The minimum atomic E-state index is 0.480. The van der Waals surface area contributed by atoms with Crippen LogP contribution < -0.4 is 10.1 Å². The van der Waals surface area contributed by atoms with Crippen LogP contribution in [0, 0.1) is 17.3 Å². The Morgan fingerprint density at radius 3 is 2.19 bits per heavy atom. The lowest BCUT2D eigenvalue weighted by Gasteiger charge is -2.37. The summed E-state index contributed by atoms with van der Waals surface area (Å²) in [5.74, 6) is 2.68. The van der Waals surface area contributed by atoms with E-state index < -0.39 is 0 Å². The molecule has 1 saturated carbocycles. The van der Waals surface area contributed by atoms with Crippen molar-refractivity contribution >= 4 is 5.69 Å². The maximum Gasteiger partial charge on any atom is 0.119 e. The Hall–Kier alpha value is -1.18. The molecule has 1 aliphatic rings. The van der Waals surface area contributed by atoms with Gasteiger partial charge in [-0.25, -0.2) is 0 Å². The van der Waals surface area contributed by atoms with Crippen LogP contribution in [0.5, 0.6) is 5.75 Å². The zero-order chi connectivity index (χ0) is 15.3. The van der Waals surface area contributed by atoms with Crippen LogP contribution in [0.15, 0.2) is 24.3 Å². The van der Waals surface area contributed by atoms with E-state index >= 15 is 0 Å². The van der Waals surface area contributed by atoms with Gasteiger partial charge >= 0.3 is 0 Å². The molecule has 0 unspecified atom stereocenters. The van der Waals surface area contributed by atoms with Crippen molar-refractivity contribution in [3.63, 3.8) is 0 Å². The molecule has 0 atom stereocenters. The topological polar surface area (TPSA) is 21.3 Å². The number of nitrogens with one attached hydrogen (secondary N) is 1. The maximum atomic E-state index is 5.47. The fourth-order valence-electron chi connectivity index (χ4n) is 3.33. The highest BCUT2D eigenvalue weighted by Crippen LogP contribution is 2.39. The molecule has 118 valence electrons. The quantitative estimate of drug-likeness (QED) is 0.789. The molecule has 0 aromatic heterocycles. The van der Waals surface area contributed by atoms with Crippen LogP contribution in [-0.2, 0) is 0 Å². The molecular formula is C19H31NO. The van der Waals surface area contributed by atoms with Crippen molar-refractivity contribution in [3.05, 3.63) is 24.3 Å². The molecule has 2 heteroatoms. The third-order valence-corrected chi connectivity index (χ3v) is 4.83. The lowest BCUT2D eigenvalue weighted by Crippen LogP contribution is -2.28. The van der Waals surface area contributed by atoms with Crippen molar-refractivity contribution in [2.45, 2.75) is 53.4 Å². The van der Waals surface area contributed by atoms with Gasteiger partial charge in [-0.15, -0.1) is 0 Å². The van der Waals surface area contributed by atoms with Crippen LogP contribution in [0.1, 0.15) is 53.4 Å². The summed E-state index contributed by atoms with van der Waals surface area (Å²) in [5, 5.41) is 3.58. The van der Waals surface area contributed by atoms with Crippen LogP contribution >= 0.6 is 0 Å². The fourth-order valence-corrected chi connectivity index (χ4v) is 3.33. The van der Waals surface area contributed by atoms with E-state index in [-0.39, 0.29) is 0 Å². The second kappa shape index (κ2) is 7.20. The van der Waals surface area contributed by atoms with E-state index in [2.05, 4.69) is 38.2 Å². The van der Waals surface area contributed by atoms with Crippen LogP contribution in [0.4, 0.5) is 5.69 Å². The largest absolute Gasteiger partial charge is 0.494 e. The second-order valence-corrected chi connectivity index (χ2v) is 7.42. The molecule has 0 saturated heterocycles. The van der Waals surface area contributed by atoms with Gasteiger partial charge in [0.15, 0.2) is 0 Å². The second-order valence-electron chi connectivity index (χ2n) is 7.42. The lowest BCUT2D eigenvalue weighted by atomic mass is 9.70. The lowest BCUT2D eigenvalue weighted by molar-refractivity contribution is 0.153. The van der Waals surface area contributed by atoms with Gasteiger partial charge in [-0.3, -0.25) is 0 Å². The van der Waals surface area contributed by atoms with E-state index in [4.69, 9.17) is 4.74 Å². The summed E-state index contributed by atoms with van der Waals surface area (Å²) in [6.45, 7) is 11.0. The summed E-state index contributed by atoms with van der Waals surface area (Å²) < 4.78 is 5.47. The number of anilines is 1. The maximum absolute atomic E-state index is 5.47. The van der Waals surface area contributed by atoms with Gasteiger partial charge in [-0.2, -0.15) is 0 Å². The molecule has 0 amide bonds. The first kappa shape index (κ1) is 16.2. The summed E-state index contributed by atoms with van der Waals surface area (Å²) >= 11 is 0. The van der Waals surface area contributed by atoms with Crippen LogP contribution in [-0.4, -0.2) is 13.2 Å². The number of benzene rings is 1. The third-order valence-electron chi connectivity index (χ3n) is 4.83. The molecule has 1 fully saturated rings. The zero-order valence-electron chi connectivity index (χ0n) is 14.1. The Bertz CT molecular complexity index is 410. The highest BCUT2D eigenvalue weighted by molar-refractivity contribution is 5.46. The number of ether oxygens (including phenoxy) is 1. The third kappa shape index (κ3) is 4.94. The monoisotopic (exact) mass is 289 g/mol. The molecule has 2 rings (SSSR count). The summed E-state index contributed by atoms with van der Waals surface area (Å²) in [6.07, 6.45) is 5.51. The minimum absolute atomic E-state index is 0.480. The van der Waals surface area contributed by atoms with Gasteiger partial charge < -0.3 is 10.1 Å². The van der Waals surface area contributed by atoms with Crippen molar-refractivity contribution in [2.24, 2.45) is 17.3 Å². The molecular weight excluding hydrogens is 258 g/mol. The van der Waals surface area contributed by atoms with E-state index in [1.807, 2.05) is 19.1 Å². The van der Waals surface area contributed by atoms with Gasteiger partial charge in [0.1, 0.15) is 5.75 Å². The standard InChI is InChI=1S/C19H31NO/c1-5-21-18-12-10-17(11-13-18)20-14-15-6-8-16(9-7-15)19(2,3)4/h10-13,15-16,20H,5-9,14H2,1-4H3. The predicted octanol–water partition coefficient (Wildman–Crippen LogP) is 5.35. The van der Waals surface area contributed by atoms with Gasteiger partial charge in [-0.05, 0) is 74.1 Å². The van der Waals surface area contributed by atoms with Crippen molar-refractivity contribution < 1.29 is 4.74 Å². The highest BCUT2D eigenvalue weighted by Gasteiger charge is 2.29. The molecule has 0 bridgehead atoms. The van der Waals surface area contributed by atoms with Crippen molar-refractivity contribution in [1.29, 1.82) is 0 Å². The van der Waals surface area contributed by atoms with Crippen molar-refractivity contribution in [1.82, 2.24) is 0 Å². The number of hydrogen-bond acceptors (Lipinski definition) is 2. The first-order valence-electron chi connectivity index (χ1n) is 8.45. The van der Waals surface area contributed by atoms with Crippen molar-refractivity contribution in [2.75, 3.05) is 18.5 Å². The zero-order valence-corrected chi connectivity index (χ0v) is 14.1. The Kier molecular flexibility index (Phi) is 5.55. The molecule has 1 aliphatic carbocycles. The van der Waals surface area contributed by atoms with Crippen LogP contribution in [0.3, 0.4) is 0 Å². The average Bonchev–Trinajstić information content (AvgIpc) is 2.46. The Morgan fingerprint density at radius 1 is 1.05 bits per heavy atom. The Labute approximate surface area is 130 Å². The predicted molar refractivity (Wildman–Crippen MR) is 91.0 cm³/mol. The van der Waals surface area contributed by atoms with E-state index in [0.717, 1.165) is 30.7 Å². The number of rotatable bonds is 5. The first-order chi connectivity index (χ1) is 9.99. The molecule has 0 heterocycles. The molecule has 1 aromatic rings. The van der Waals surface area contributed by atoms with Crippen LogP contribution in [0.2, 0.25) is 0 Å². The molecule has 21 heavy (non-hydrogen) atoms. The first-order valence-corrected chi connectivity index (χ1v) is 8.45. The van der Waals surface area contributed by atoms with E-state index in [9.17, 15) is 0 Å². The summed E-state index contributed by atoms with van der Waals surface area (Å²) in [7, 11) is 0. The smallest absolute Gasteiger partial charge is 0.119 e. The Balaban J connectivity index is 1.74. The summed E-state index contributed by atoms with van der Waals surface area (Å²) in [4.78, 5) is 0. The summed E-state index contributed by atoms with van der Waals surface area (Å²) in [6, 6.07) is 8.32. The van der Waals surface area contributed by atoms with E-state index in [0.29, 0.717) is 5.41 Å². The average molecular weight is 289 g/mol. The van der Waals surface area contributed by atoms with Gasteiger partial charge in [0.2, 0.25) is 0 Å². The van der Waals surface area contributed by atoms with Crippen LogP contribution in [0.25, 0.3) is 0 Å². The normalized spacial score (nSPS) is 22.9. The van der Waals surface area contributed by atoms with Gasteiger partial charge in [0, 0.05) is 12.2 Å². The van der Waals surface area contributed by atoms with E-state index in [1.54, 1.807) is 0 Å². The van der Waals surface area contributed by atoms with Gasteiger partial charge in [-0.1, -0.05) is 20.8 Å². The minimum Gasteiger partial charge on any atom is -0.494 e. The molecule has 0 aliphatic heterocycles. The van der Waals surface area contributed by atoms with Crippen molar-refractivity contribution in [3.8, 4) is 5.75 Å². The Morgan fingerprint density at radius 2 is 1.67 bits per heavy atom. The van der Waals surface area contributed by atoms with E-state index in [1.165, 1.54) is 31.4 Å². The molecule has 1 N–H and O–H groups in total. The SMILES string of the molecule is CCOc1ccc(NCC2CCC(C(C)(C)C)CC2)cc1. The van der Waals surface area contributed by atoms with Gasteiger partial charge in [0.05, 0.1) is 6.61 Å². The molecule has 1 aromatic carbocycles. The molecule has 0 radical (unpaired) electrons. The fraction of sp³-hybridized carbons (Fsp3) is 0.684.